The summed E-state index contributed by atoms with van der Waals surface area (Å²) in [5, 5.41) is 3.58. The minimum atomic E-state index is -1.39. The van der Waals surface area contributed by atoms with E-state index in [1.165, 1.54) is 6.07 Å². The second-order valence-electron chi connectivity index (χ2n) is 4.65. The van der Waals surface area contributed by atoms with Crippen molar-refractivity contribution in [2.45, 2.75) is 38.5 Å². The molecule has 0 aromatic heterocycles. The molecule has 0 bridgehead atoms. The van der Waals surface area contributed by atoms with Crippen molar-refractivity contribution in [1.82, 2.24) is 5.32 Å². The lowest BCUT2D eigenvalue weighted by Crippen LogP contribution is -2.26. The van der Waals surface area contributed by atoms with E-state index in [1.807, 2.05) is 20.8 Å². The van der Waals surface area contributed by atoms with E-state index >= 15 is 0 Å². The van der Waals surface area contributed by atoms with Gasteiger partial charge in [0.25, 0.3) is 0 Å². The molecule has 1 aromatic rings. The van der Waals surface area contributed by atoms with E-state index in [9.17, 15) is 13.2 Å². The molecule has 0 radical (unpaired) electrons. The van der Waals surface area contributed by atoms with Crippen molar-refractivity contribution in [3.05, 3.63) is 35.1 Å². The Morgan fingerprint density at radius 3 is 2.42 bits per heavy atom. The molecule has 5 heteroatoms. The standard InChI is InChI=1S/C14H20F3NS/c1-4-7-18-12(8-19-9(2)3)10-5-6-11(15)14(17)13(10)16/h5-6,9,12,18H,4,7-8H2,1-3H3. The van der Waals surface area contributed by atoms with E-state index in [2.05, 4.69) is 5.32 Å². The van der Waals surface area contributed by atoms with Crippen molar-refractivity contribution in [1.29, 1.82) is 0 Å². The number of benzene rings is 1. The number of rotatable bonds is 7. The van der Waals surface area contributed by atoms with E-state index in [0.29, 0.717) is 17.5 Å². The smallest absolute Gasteiger partial charge is 0.194 e. The first-order chi connectivity index (χ1) is 8.97. The first-order valence-corrected chi connectivity index (χ1v) is 7.50. The molecule has 0 aliphatic rings. The Labute approximate surface area is 117 Å². The first kappa shape index (κ1) is 16.4. The number of halogens is 3. The van der Waals surface area contributed by atoms with Crippen molar-refractivity contribution in [3.8, 4) is 0 Å². The van der Waals surface area contributed by atoms with Crippen LogP contribution in [0.5, 0.6) is 0 Å². The summed E-state index contributed by atoms with van der Waals surface area (Å²) in [4.78, 5) is 0. The van der Waals surface area contributed by atoms with Crippen molar-refractivity contribution in [2.24, 2.45) is 0 Å². The van der Waals surface area contributed by atoms with Gasteiger partial charge in [0, 0.05) is 17.4 Å². The van der Waals surface area contributed by atoms with E-state index in [4.69, 9.17) is 0 Å². The molecule has 0 saturated heterocycles. The molecule has 1 aromatic carbocycles. The number of thioether (sulfide) groups is 1. The zero-order valence-electron chi connectivity index (χ0n) is 11.5. The van der Waals surface area contributed by atoms with Gasteiger partial charge in [-0.15, -0.1) is 0 Å². The van der Waals surface area contributed by atoms with Crippen LogP contribution in [-0.4, -0.2) is 17.5 Å². The molecule has 1 rings (SSSR count). The van der Waals surface area contributed by atoms with Crippen LogP contribution in [0.2, 0.25) is 0 Å². The maximum Gasteiger partial charge on any atom is 0.194 e. The fourth-order valence-electron chi connectivity index (χ4n) is 1.68. The van der Waals surface area contributed by atoms with Gasteiger partial charge in [-0.25, -0.2) is 13.2 Å². The highest BCUT2D eigenvalue weighted by atomic mass is 32.2. The first-order valence-electron chi connectivity index (χ1n) is 6.45. The van der Waals surface area contributed by atoms with Crippen molar-refractivity contribution >= 4 is 11.8 Å². The molecular formula is C14H20F3NS. The Balaban J connectivity index is 2.92. The van der Waals surface area contributed by atoms with Gasteiger partial charge in [-0.05, 0) is 24.3 Å². The maximum absolute atomic E-state index is 13.8. The third-order valence-electron chi connectivity index (χ3n) is 2.68. The Morgan fingerprint density at radius 1 is 1.16 bits per heavy atom. The summed E-state index contributed by atoms with van der Waals surface area (Å²) in [7, 11) is 0. The highest BCUT2D eigenvalue weighted by molar-refractivity contribution is 7.99. The monoisotopic (exact) mass is 291 g/mol. The molecule has 1 nitrogen and oxygen atoms in total. The van der Waals surface area contributed by atoms with Crippen LogP contribution < -0.4 is 5.32 Å². The summed E-state index contributed by atoms with van der Waals surface area (Å²) in [5.41, 5.74) is 0.195. The van der Waals surface area contributed by atoms with Crippen LogP contribution in [0.25, 0.3) is 0 Å². The lowest BCUT2D eigenvalue weighted by atomic mass is 10.1. The fourth-order valence-corrected chi connectivity index (χ4v) is 2.55. The fraction of sp³-hybridized carbons (Fsp3) is 0.571. The quantitative estimate of drug-likeness (QED) is 0.752. The number of hydrogen-bond donors (Lipinski definition) is 1. The van der Waals surface area contributed by atoms with Crippen LogP contribution in [0, 0.1) is 17.5 Å². The third-order valence-corrected chi connectivity index (χ3v) is 3.87. The van der Waals surface area contributed by atoms with Crippen molar-refractivity contribution < 1.29 is 13.2 Å². The molecule has 0 aliphatic heterocycles. The minimum absolute atomic E-state index is 0.195. The maximum atomic E-state index is 13.8. The number of nitrogens with one attached hydrogen (secondary N) is 1. The van der Waals surface area contributed by atoms with Crippen LogP contribution in [-0.2, 0) is 0 Å². The molecule has 108 valence electrons. The van der Waals surface area contributed by atoms with Gasteiger partial charge in [-0.1, -0.05) is 26.8 Å². The van der Waals surface area contributed by atoms with Gasteiger partial charge in [0.1, 0.15) is 0 Å². The number of hydrogen-bond acceptors (Lipinski definition) is 2. The van der Waals surface area contributed by atoms with Crippen LogP contribution in [0.4, 0.5) is 13.2 Å². The van der Waals surface area contributed by atoms with Crippen LogP contribution in [0.1, 0.15) is 38.8 Å². The molecule has 0 aliphatic carbocycles. The van der Waals surface area contributed by atoms with Gasteiger partial charge in [0.05, 0.1) is 0 Å². The van der Waals surface area contributed by atoms with E-state index in [0.717, 1.165) is 12.5 Å². The average molecular weight is 291 g/mol. The molecule has 1 atom stereocenters. The second kappa shape index (κ2) is 7.80. The third kappa shape index (κ3) is 4.73. The molecule has 19 heavy (non-hydrogen) atoms. The predicted octanol–water partition coefficient (Wildman–Crippen LogP) is 4.29. The average Bonchev–Trinajstić information content (AvgIpc) is 2.37. The summed E-state index contributed by atoms with van der Waals surface area (Å²) in [6, 6.07) is 2.00. The minimum Gasteiger partial charge on any atom is -0.309 e. The molecule has 1 N–H and O–H groups in total. The Morgan fingerprint density at radius 2 is 1.84 bits per heavy atom. The molecule has 0 heterocycles. The van der Waals surface area contributed by atoms with E-state index < -0.39 is 17.5 Å². The highest BCUT2D eigenvalue weighted by Crippen LogP contribution is 2.25. The highest BCUT2D eigenvalue weighted by Gasteiger charge is 2.20. The molecule has 0 saturated carbocycles. The summed E-state index contributed by atoms with van der Waals surface area (Å²) < 4.78 is 40.0. The summed E-state index contributed by atoms with van der Waals surface area (Å²) in [6.07, 6.45) is 0.897. The summed E-state index contributed by atoms with van der Waals surface area (Å²) >= 11 is 1.66. The zero-order valence-corrected chi connectivity index (χ0v) is 12.3. The van der Waals surface area contributed by atoms with Gasteiger partial charge >= 0.3 is 0 Å². The van der Waals surface area contributed by atoms with Crippen molar-refractivity contribution in [2.75, 3.05) is 12.3 Å². The Hall–Kier alpha value is -0.680. The van der Waals surface area contributed by atoms with Gasteiger partial charge < -0.3 is 5.32 Å². The van der Waals surface area contributed by atoms with Crippen LogP contribution in [0.3, 0.4) is 0 Å². The molecular weight excluding hydrogens is 271 g/mol. The van der Waals surface area contributed by atoms with E-state index in [1.54, 1.807) is 11.8 Å². The second-order valence-corrected chi connectivity index (χ2v) is 6.26. The lowest BCUT2D eigenvalue weighted by Gasteiger charge is -2.20. The SMILES string of the molecule is CCCNC(CSC(C)C)c1ccc(F)c(F)c1F. The molecule has 0 spiro atoms. The summed E-state index contributed by atoms with van der Waals surface area (Å²) in [5.74, 6) is -3.00. The topological polar surface area (TPSA) is 12.0 Å². The van der Waals surface area contributed by atoms with Gasteiger partial charge in [-0.2, -0.15) is 11.8 Å². The van der Waals surface area contributed by atoms with Crippen LogP contribution in [0.15, 0.2) is 12.1 Å². The van der Waals surface area contributed by atoms with Gasteiger partial charge in [0.15, 0.2) is 17.5 Å². The molecule has 0 fully saturated rings. The van der Waals surface area contributed by atoms with Gasteiger partial charge in [-0.3, -0.25) is 0 Å². The van der Waals surface area contributed by atoms with Crippen molar-refractivity contribution in [3.63, 3.8) is 0 Å². The zero-order chi connectivity index (χ0) is 14.4. The largest absolute Gasteiger partial charge is 0.309 e. The van der Waals surface area contributed by atoms with E-state index in [-0.39, 0.29) is 11.6 Å². The Bertz CT molecular complexity index is 410. The Kier molecular flexibility index (Phi) is 6.72. The predicted molar refractivity (Wildman–Crippen MR) is 74.9 cm³/mol. The summed E-state index contributed by atoms with van der Waals surface area (Å²) in [6.45, 7) is 6.80. The lowest BCUT2D eigenvalue weighted by molar-refractivity contribution is 0.430. The van der Waals surface area contributed by atoms with Crippen LogP contribution >= 0.6 is 11.8 Å². The van der Waals surface area contributed by atoms with Gasteiger partial charge in [0.2, 0.25) is 0 Å². The normalized spacial score (nSPS) is 13.0. The molecule has 0 amide bonds. The molecule has 1 unspecified atom stereocenters.